The number of anilines is 1. The van der Waals surface area contributed by atoms with E-state index < -0.39 is 24.3 Å². The normalized spacial score (nSPS) is 17.8. The molecule has 0 unspecified atom stereocenters. The van der Waals surface area contributed by atoms with E-state index in [0.29, 0.717) is 37.4 Å². The number of nitrogens with one attached hydrogen (secondary N) is 4. The lowest BCUT2D eigenvalue weighted by atomic mass is 10.0. The maximum Gasteiger partial charge on any atom is 0.407 e. The average molecular weight is 674 g/mol. The number of alkyl carbamates (subject to hydrolysis) is 2. The lowest BCUT2D eigenvalue weighted by Gasteiger charge is -2.30. The van der Waals surface area contributed by atoms with Crippen molar-refractivity contribution in [3.05, 3.63) is 60.6 Å². The number of hydrogen-bond acceptors (Lipinski definition) is 8. The van der Waals surface area contributed by atoms with Crippen molar-refractivity contribution in [1.82, 2.24) is 30.4 Å². The van der Waals surface area contributed by atoms with Crippen LogP contribution in [0.3, 0.4) is 0 Å². The number of nitrogens with zero attached hydrogens (tertiary/aromatic N) is 3. The number of H-pyrrole nitrogens is 1. The number of aromatic nitrogens is 2. The lowest BCUT2D eigenvalue weighted by molar-refractivity contribution is -0.139. The average Bonchev–Trinajstić information content (AvgIpc) is 3.90. The van der Waals surface area contributed by atoms with Gasteiger partial charge in [-0.05, 0) is 60.4 Å². The van der Waals surface area contributed by atoms with Crippen LogP contribution in [0.15, 0.2) is 54.7 Å². The minimum atomic E-state index is -0.793. The van der Waals surface area contributed by atoms with Gasteiger partial charge in [-0.25, -0.2) is 14.6 Å². The molecule has 0 bridgehead atoms. The van der Waals surface area contributed by atoms with Gasteiger partial charge in [-0.15, -0.1) is 0 Å². The van der Waals surface area contributed by atoms with Gasteiger partial charge in [0.25, 0.3) is 0 Å². The van der Waals surface area contributed by atoms with Crippen molar-refractivity contribution in [2.24, 2.45) is 5.92 Å². The van der Waals surface area contributed by atoms with Crippen molar-refractivity contribution in [3.63, 3.8) is 0 Å². The summed E-state index contributed by atoms with van der Waals surface area (Å²) in [5.41, 5.74) is 4.32. The fourth-order valence-corrected chi connectivity index (χ4v) is 6.32. The Morgan fingerprint density at radius 3 is 2.12 bits per heavy atom. The van der Waals surface area contributed by atoms with Crippen LogP contribution in [0.4, 0.5) is 15.3 Å². The molecule has 260 valence electrons. The molecular formula is C35H43N7O7. The molecule has 0 aliphatic carbocycles. The molecule has 3 aromatic rings. The molecule has 0 saturated carbocycles. The zero-order valence-corrected chi connectivity index (χ0v) is 28.2. The van der Waals surface area contributed by atoms with Gasteiger partial charge in [0.1, 0.15) is 24.5 Å². The van der Waals surface area contributed by atoms with Gasteiger partial charge in [-0.2, -0.15) is 0 Å². The first-order chi connectivity index (χ1) is 23.6. The maximum absolute atomic E-state index is 13.3. The zero-order chi connectivity index (χ0) is 35.1. The van der Waals surface area contributed by atoms with Gasteiger partial charge in [0, 0.05) is 18.8 Å². The van der Waals surface area contributed by atoms with E-state index in [0.717, 1.165) is 35.2 Å². The second-order valence-electron chi connectivity index (χ2n) is 12.5. The molecule has 3 heterocycles. The van der Waals surface area contributed by atoms with Crippen LogP contribution in [0.2, 0.25) is 0 Å². The summed E-state index contributed by atoms with van der Waals surface area (Å²) in [6.07, 6.45) is 3.26. The van der Waals surface area contributed by atoms with Gasteiger partial charge < -0.3 is 40.2 Å². The number of amides is 5. The second kappa shape index (κ2) is 15.7. The number of benzene rings is 2. The van der Waals surface area contributed by atoms with Gasteiger partial charge in [-0.3, -0.25) is 14.4 Å². The van der Waals surface area contributed by atoms with Crippen molar-refractivity contribution >= 4 is 35.6 Å². The van der Waals surface area contributed by atoms with Gasteiger partial charge in [0.2, 0.25) is 17.7 Å². The van der Waals surface area contributed by atoms with Crippen molar-refractivity contribution in [3.8, 4) is 22.4 Å². The summed E-state index contributed by atoms with van der Waals surface area (Å²) in [5, 5.41) is 7.98. The number of carbonyl (C=O) groups excluding carboxylic acids is 5. The Labute approximate surface area is 284 Å². The summed E-state index contributed by atoms with van der Waals surface area (Å²) in [5.74, 6) is -0.252. The monoisotopic (exact) mass is 673 g/mol. The first-order valence-electron chi connectivity index (χ1n) is 16.4. The summed E-state index contributed by atoms with van der Waals surface area (Å²) in [6.45, 7) is 4.55. The van der Waals surface area contributed by atoms with Crippen LogP contribution in [0.5, 0.6) is 0 Å². The Hall–Kier alpha value is -5.40. The van der Waals surface area contributed by atoms with E-state index in [2.05, 4.69) is 35.4 Å². The smallest absolute Gasteiger partial charge is 0.407 e. The Kier molecular flexibility index (Phi) is 11.2. The Morgan fingerprint density at radius 2 is 1.47 bits per heavy atom. The standard InChI is InChI=1S/C35H43N7O7/c1-21(2)30(40-35(47)49-4)33(45)42-18-6-8-28(42)32(44)38-25-15-13-23(14-16-25)22-9-11-24(12-10-22)26-19-36-31(39-26)27-7-5-17-41(27)29(43)20-37-34(46)48-3/h9-16,19,21,27-28,30H,5-8,17-18,20H2,1-4H3,(H,36,39)(H,37,46)(H,38,44)(H,40,47)/t27-,28-,30-/m0/s1. The topological polar surface area (TPSA) is 175 Å². The van der Waals surface area contributed by atoms with Crippen LogP contribution in [-0.4, -0.2) is 95.6 Å². The Morgan fingerprint density at radius 1 is 0.857 bits per heavy atom. The van der Waals surface area contributed by atoms with Crippen LogP contribution >= 0.6 is 0 Å². The summed E-state index contributed by atoms with van der Waals surface area (Å²) < 4.78 is 9.23. The summed E-state index contributed by atoms with van der Waals surface area (Å²) >= 11 is 0. The lowest BCUT2D eigenvalue weighted by Crippen LogP contribution is -2.54. The first kappa shape index (κ1) is 34.9. The number of hydrogen-bond donors (Lipinski definition) is 4. The van der Waals surface area contributed by atoms with Crippen molar-refractivity contribution < 1.29 is 33.4 Å². The highest BCUT2D eigenvalue weighted by Gasteiger charge is 2.39. The molecule has 2 aliphatic rings. The summed E-state index contributed by atoms with van der Waals surface area (Å²) in [6, 6.07) is 13.9. The molecule has 5 rings (SSSR count). The van der Waals surface area contributed by atoms with E-state index in [9.17, 15) is 24.0 Å². The molecule has 14 heteroatoms. The van der Waals surface area contributed by atoms with E-state index in [1.54, 1.807) is 16.0 Å². The van der Waals surface area contributed by atoms with Crippen LogP contribution in [0.1, 0.15) is 51.4 Å². The highest BCUT2D eigenvalue weighted by molar-refractivity contribution is 5.99. The second-order valence-corrected chi connectivity index (χ2v) is 12.5. The number of rotatable bonds is 10. The third-order valence-corrected chi connectivity index (χ3v) is 8.97. The molecule has 0 spiro atoms. The molecule has 49 heavy (non-hydrogen) atoms. The quantitative estimate of drug-likeness (QED) is 0.249. The van der Waals surface area contributed by atoms with Crippen LogP contribution in [-0.2, 0) is 23.9 Å². The van der Waals surface area contributed by atoms with E-state index >= 15 is 0 Å². The van der Waals surface area contributed by atoms with Crippen LogP contribution in [0.25, 0.3) is 22.4 Å². The Balaban J connectivity index is 1.19. The number of carbonyl (C=O) groups is 5. The summed E-state index contributed by atoms with van der Waals surface area (Å²) in [7, 11) is 2.50. The third-order valence-electron chi connectivity index (χ3n) is 8.97. The van der Waals surface area contributed by atoms with Gasteiger partial charge >= 0.3 is 12.2 Å². The highest BCUT2D eigenvalue weighted by atomic mass is 16.5. The molecule has 4 N–H and O–H groups in total. The molecule has 2 fully saturated rings. The SMILES string of the molecule is COC(=O)NCC(=O)N1CCC[C@H]1c1ncc(-c2ccc(-c3ccc(NC(=O)[C@@H]4CCCN4C(=O)[C@@H](NC(=O)OC)C(C)C)cc3)cc2)[nH]1. The molecule has 2 saturated heterocycles. The van der Waals surface area contributed by atoms with E-state index in [4.69, 9.17) is 0 Å². The molecule has 5 amide bonds. The highest BCUT2D eigenvalue weighted by Crippen LogP contribution is 2.32. The van der Waals surface area contributed by atoms with Crippen LogP contribution in [0, 0.1) is 5.92 Å². The number of likely N-dealkylation sites (tertiary alicyclic amines) is 2. The fourth-order valence-electron chi connectivity index (χ4n) is 6.32. The molecule has 2 aliphatic heterocycles. The van der Waals surface area contributed by atoms with E-state index in [1.165, 1.54) is 14.2 Å². The van der Waals surface area contributed by atoms with E-state index in [1.807, 2.05) is 62.4 Å². The van der Waals surface area contributed by atoms with Gasteiger partial charge in [0.15, 0.2) is 0 Å². The molecular weight excluding hydrogens is 630 g/mol. The largest absolute Gasteiger partial charge is 0.453 e. The number of aromatic amines is 1. The minimum absolute atomic E-state index is 0.137. The summed E-state index contributed by atoms with van der Waals surface area (Å²) in [4.78, 5) is 73.7. The first-order valence-corrected chi connectivity index (χ1v) is 16.4. The third kappa shape index (κ3) is 8.19. The number of ether oxygens (including phenoxy) is 2. The molecule has 3 atom stereocenters. The van der Waals surface area contributed by atoms with Crippen molar-refractivity contribution in [1.29, 1.82) is 0 Å². The predicted octanol–water partition coefficient (Wildman–Crippen LogP) is 4.07. The maximum atomic E-state index is 13.3. The number of imidazole rings is 1. The van der Waals surface area contributed by atoms with Crippen molar-refractivity contribution in [2.75, 3.05) is 39.2 Å². The predicted molar refractivity (Wildman–Crippen MR) is 181 cm³/mol. The van der Waals surface area contributed by atoms with E-state index in [-0.39, 0.29) is 36.2 Å². The molecule has 0 radical (unpaired) electrons. The Bertz CT molecular complexity index is 1660. The number of methoxy groups -OCH3 is 2. The van der Waals surface area contributed by atoms with Crippen molar-refractivity contribution in [2.45, 2.75) is 57.7 Å². The van der Waals surface area contributed by atoms with Crippen LogP contribution < -0.4 is 16.0 Å². The zero-order valence-electron chi connectivity index (χ0n) is 28.2. The molecule has 14 nitrogen and oxygen atoms in total. The van der Waals surface area contributed by atoms with Gasteiger partial charge in [0.05, 0.1) is 32.2 Å². The molecule has 2 aromatic carbocycles. The minimum Gasteiger partial charge on any atom is -0.453 e. The van der Waals surface area contributed by atoms with Gasteiger partial charge in [-0.1, -0.05) is 50.2 Å². The molecule has 1 aromatic heterocycles. The fraction of sp³-hybridized carbons (Fsp3) is 0.429.